The average Bonchev–Trinajstić information content (AvgIpc) is 2.36. The summed E-state index contributed by atoms with van der Waals surface area (Å²) in [6, 6.07) is 9.96. The molecule has 0 heterocycles. The van der Waals surface area contributed by atoms with Crippen LogP contribution in [0.1, 0.15) is 5.56 Å². The van der Waals surface area contributed by atoms with Gasteiger partial charge in [-0.2, -0.15) is 0 Å². The van der Waals surface area contributed by atoms with Gasteiger partial charge in [0.2, 0.25) is 5.91 Å². The zero-order valence-corrected chi connectivity index (χ0v) is 10.4. The monoisotopic (exact) mass is 237 g/mol. The number of hydrogen-bond acceptors (Lipinski definition) is 3. The molecule has 0 unspecified atom stereocenters. The molecule has 0 aliphatic rings. The van der Waals surface area contributed by atoms with Crippen LogP contribution in [0.25, 0.3) is 0 Å². The van der Waals surface area contributed by atoms with Gasteiger partial charge >= 0.3 is 0 Å². The number of carbonyl (C=O) groups is 1. The van der Waals surface area contributed by atoms with E-state index in [0.717, 1.165) is 5.56 Å². The highest BCUT2D eigenvalue weighted by molar-refractivity contribution is 5.77. The van der Waals surface area contributed by atoms with Crippen LogP contribution in [0, 0.1) is 0 Å². The second-order valence-corrected chi connectivity index (χ2v) is 3.79. The van der Waals surface area contributed by atoms with Gasteiger partial charge in [0.15, 0.2) is 0 Å². The molecule has 1 amide bonds. The van der Waals surface area contributed by atoms with Gasteiger partial charge in [-0.05, 0) is 5.56 Å². The first-order valence-electron chi connectivity index (χ1n) is 5.58. The zero-order chi connectivity index (χ0) is 12.5. The van der Waals surface area contributed by atoms with Crippen molar-refractivity contribution >= 4 is 5.91 Å². The molecule has 1 rings (SSSR count). The molecule has 1 aromatic carbocycles. The minimum Gasteiger partial charge on any atom is -0.375 e. The topological polar surface area (TPSA) is 38.8 Å². The van der Waals surface area contributed by atoms with E-state index < -0.39 is 0 Å². The molecule has 1 aromatic rings. The van der Waals surface area contributed by atoms with Crippen LogP contribution in [-0.2, 0) is 20.9 Å². The summed E-state index contributed by atoms with van der Waals surface area (Å²) >= 11 is 0. The Balaban J connectivity index is 2.14. The largest absolute Gasteiger partial charge is 0.375 e. The van der Waals surface area contributed by atoms with Crippen molar-refractivity contribution in [3.8, 4) is 0 Å². The Labute approximate surface area is 102 Å². The van der Waals surface area contributed by atoms with Gasteiger partial charge in [-0.3, -0.25) is 4.79 Å². The number of ether oxygens (including phenoxy) is 2. The third-order valence-electron chi connectivity index (χ3n) is 2.38. The van der Waals surface area contributed by atoms with Crippen LogP contribution in [0.3, 0.4) is 0 Å². The van der Waals surface area contributed by atoms with Gasteiger partial charge in [0.05, 0.1) is 13.2 Å². The maximum Gasteiger partial charge on any atom is 0.248 e. The number of rotatable bonds is 7. The number of amides is 1. The molecule has 17 heavy (non-hydrogen) atoms. The maximum atomic E-state index is 11.4. The molecule has 0 bridgehead atoms. The van der Waals surface area contributed by atoms with Crippen LogP contribution in [0.2, 0.25) is 0 Å². The fourth-order valence-electron chi connectivity index (χ4n) is 1.32. The van der Waals surface area contributed by atoms with Crippen molar-refractivity contribution in [2.24, 2.45) is 0 Å². The minimum absolute atomic E-state index is 0.0317. The molecule has 4 heteroatoms. The van der Waals surface area contributed by atoms with E-state index in [0.29, 0.717) is 19.8 Å². The summed E-state index contributed by atoms with van der Waals surface area (Å²) in [7, 11) is 3.25. The molecule has 0 fully saturated rings. The average molecular weight is 237 g/mol. The molecule has 0 N–H and O–H groups in total. The predicted octanol–water partition coefficient (Wildman–Crippen LogP) is 1.31. The molecule has 0 aliphatic heterocycles. The van der Waals surface area contributed by atoms with Crippen molar-refractivity contribution in [2.75, 3.05) is 33.9 Å². The fraction of sp³-hybridized carbons (Fsp3) is 0.462. The maximum absolute atomic E-state index is 11.4. The van der Waals surface area contributed by atoms with Crippen LogP contribution in [-0.4, -0.2) is 44.7 Å². The van der Waals surface area contributed by atoms with Crippen LogP contribution >= 0.6 is 0 Å². The highest BCUT2D eigenvalue weighted by Gasteiger charge is 2.06. The summed E-state index contributed by atoms with van der Waals surface area (Å²) in [5, 5.41) is 0. The third kappa shape index (κ3) is 5.47. The summed E-state index contributed by atoms with van der Waals surface area (Å²) < 4.78 is 10.3. The van der Waals surface area contributed by atoms with Crippen molar-refractivity contribution in [1.29, 1.82) is 0 Å². The lowest BCUT2D eigenvalue weighted by molar-refractivity contribution is -0.134. The molecule has 0 radical (unpaired) electrons. The minimum atomic E-state index is -0.0317. The summed E-state index contributed by atoms with van der Waals surface area (Å²) in [6.07, 6.45) is 0. The van der Waals surface area contributed by atoms with Crippen LogP contribution in [0.5, 0.6) is 0 Å². The number of hydrogen-bond donors (Lipinski definition) is 0. The second-order valence-electron chi connectivity index (χ2n) is 3.79. The smallest absolute Gasteiger partial charge is 0.248 e. The molecule has 94 valence electrons. The van der Waals surface area contributed by atoms with E-state index in [2.05, 4.69) is 0 Å². The number of carbonyl (C=O) groups excluding carboxylic acids is 1. The van der Waals surface area contributed by atoms with E-state index in [-0.39, 0.29) is 12.5 Å². The molecule has 4 nitrogen and oxygen atoms in total. The van der Waals surface area contributed by atoms with Crippen molar-refractivity contribution in [2.45, 2.75) is 6.61 Å². The first-order chi connectivity index (χ1) is 8.24. The van der Waals surface area contributed by atoms with Gasteiger partial charge in [-0.1, -0.05) is 30.3 Å². The predicted molar refractivity (Wildman–Crippen MR) is 65.6 cm³/mol. The van der Waals surface area contributed by atoms with Crippen LogP contribution in [0.15, 0.2) is 30.3 Å². The van der Waals surface area contributed by atoms with Crippen molar-refractivity contribution in [1.82, 2.24) is 4.90 Å². The van der Waals surface area contributed by atoms with Gasteiger partial charge < -0.3 is 14.4 Å². The lowest BCUT2D eigenvalue weighted by Gasteiger charge is -2.16. The Hall–Kier alpha value is -1.39. The molecule has 0 atom stereocenters. The van der Waals surface area contributed by atoms with Crippen LogP contribution in [0.4, 0.5) is 0 Å². The zero-order valence-electron chi connectivity index (χ0n) is 10.4. The van der Waals surface area contributed by atoms with Crippen molar-refractivity contribution in [3.05, 3.63) is 35.9 Å². The Morgan fingerprint density at radius 3 is 2.65 bits per heavy atom. The molecule has 0 aromatic heterocycles. The summed E-state index contributed by atoms with van der Waals surface area (Å²) in [4.78, 5) is 13.0. The van der Waals surface area contributed by atoms with E-state index in [1.165, 1.54) is 7.11 Å². The van der Waals surface area contributed by atoms with Gasteiger partial charge in [0.25, 0.3) is 0 Å². The normalized spacial score (nSPS) is 10.2. The third-order valence-corrected chi connectivity index (χ3v) is 2.38. The standard InChI is InChI=1S/C13H19NO3/c1-14(13(15)11-16-2)8-9-17-10-12-6-4-3-5-7-12/h3-7H,8-11H2,1-2H3. The summed E-state index contributed by atoms with van der Waals surface area (Å²) in [6.45, 7) is 1.80. The van der Waals surface area contributed by atoms with Gasteiger partial charge in [0.1, 0.15) is 6.61 Å². The lowest BCUT2D eigenvalue weighted by Crippen LogP contribution is -2.32. The first kappa shape index (κ1) is 13.7. The van der Waals surface area contributed by atoms with E-state index in [4.69, 9.17) is 9.47 Å². The number of benzene rings is 1. The molecule has 0 saturated carbocycles. The second kappa shape index (κ2) is 7.81. The SMILES string of the molecule is COCC(=O)N(C)CCOCc1ccccc1. The van der Waals surface area contributed by atoms with E-state index in [1.807, 2.05) is 30.3 Å². The van der Waals surface area contributed by atoms with Gasteiger partial charge in [-0.25, -0.2) is 0 Å². The molecular weight excluding hydrogens is 218 g/mol. The Morgan fingerprint density at radius 2 is 2.00 bits per heavy atom. The Bertz CT molecular complexity index is 327. The lowest BCUT2D eigenvalue weighted by atomic mass is 10.2. The molecule has 0 aliphatic carbocycles. The quantitative estimate of drug-likeness (QED) is 0.671. The molecular formula is C13H19NO3. The fourth-order valence-corrected chi connectivity index (χ4v) is 1.32. The van der Waals surface area contributed by atoms with E-state index >= 15 is 0 Å². The van der Waals surface area contributed by atoms with Crippen molar-refractivity contribution in [3.63, 3.8) is 0 Å². The Kier molecular flexibility index (Phi) is 6.29. The highest BCUT2D eigenvalue weighted by Crippen LogP contribution is 2.00. The summed E-state index contributed by atoms with van der Waals surface area (Å²) in [5.74, 6) is -0.0317. The number of nitrogens with zero attached hydrogens (tertiary/aromatic N) is 1. The Morgan fingerprint density at radius 1 is 1.29 bits per heavy atom. The first-order valence-corrected chi connectivity index (χ1v) is 5.58. The summed E-state index contributed by atoms with van der Waals surface area (Å²) in [5.41, 5.74) is 1.14. The number of methoxy groups -OCH3 is 1. The van der Waals surface area contributed by atoms with Gasteiger partial charge in [-0.15, -0.1) is 0 Å². The van der Waals surface area contributed by atoms with Gasteiger partial charge in [0, 0.05) is 20.7 Å². The molecule has 0 saturated heterocycles. The van der Waals surface area contributed by atoms with E-state index in [1.54, 1.807) is 11.9 Å². The highest BCUT2D eigenvalue weighted by atomic mass is 16.5. The van der Waals surface area contributed by atoms with E-state index in [9.17, 15) is 4.79 Å². The van der Waals surface area contributed by atoms with Crippen LogP contribution < -0.4 is 0 Å². The number of likely N-dealkylation sites (N-methyl/N-ethyl adjacent to an activating group) is 1. The molecule has 0 spiro atoms. The van der Waals surface area contributed by atoms with Crippen molar-refractivity contribution < 1.29 is 14.3 Å².